The Morgan fingerprint density at radius 2 is 2.24 bits per heavy atom. The number of amides is 1. The van der Waals surface area contributed by atoms with Crippen LogP contribution in [0.1, 0.15) is 61.4 Å². The molecule has 92 valence electrons. The van der Waals surface area contributed by atoms with Crippen molar-refractivity contribution in [3.05, 3.63) is 11.6 Å². The Morgan fingerprint density at radius 1 is 1.47 bits per heavy atom. The van der Waals surface area contributed by atoms with E-state index in [0.29, 0.717) is 5.92 Å². The molecule has 3 rings (SSSR count). The summed E-state index contributed by atoms with van der Waals surface area (Å²) in [7, 11) is 0. The van der Waals surface area contributed by atoms with Gasteiger partial charge in [0.2, 0.25) is 5.82 Å². The number of carbonyl (C=O) groups excluding carboxylic acids is 1. The average molecular weight is 234 g/mol. The van der Waals surface area contributed by atoms with Gasteiger partial charge in [-0.3, -0.25) is 9.89 Å². The van der Waals surface area contributed by atoms with Crippen LogP contribution in [-0.2, 0) is 0 Å². The van der Waals surface area contributed by atoms with Crippen molar-refractivity contribution >= 4 is 5.91 Å². The van der Waals surface area contributed by atoms with Crippen LogP contribution in [0.15, 0.2) is 0 Å². The summed E-state index contributed by atoms with van der Waals surface area (Å²) >= 11 is 0. The van der Waals surface area contributed by atoms with Crippen LogP contribution < -0.4 is 5.32 Å². The third kappa shape index (κ3) is 2.65. The molecule has 0 aliphatic heterocycles. The molecule has 1 aromatic rings. The van der Waals surface area contributed by atoms with Crippen molar-refractivity contribution < 1.29 is 4.79 Å². The first-order valence-electron chi connectivity index (χ1n) is 6.45. The second kappa shape index (κ2) is 4.13. The number of aromatic nitrogens is 3. The number of H-pyrrole nitrogens is 1. The maximum Gasteiger partial charge on any atom is 0.291 e. The van der Waals surface area contributed by atoms with Crippen molar-refractivity contribution in [1.82, 2.24) is 20.5 Å². The van der Waals surface area contributed by atoms with E-state index in [-0.39, 0.29) is 17.8 Å². The predicted molar refractivity (Wildman–Crippen MR) is 62.6 cm³/mol. The summed E-state index contributed by atoms with van der Waals surface area (Å²) in [5.41, 5.74) is 0. The van der Waals surface area contributed by atoms with Crippen molar-refractivity contribution in [2.24, 2.45) is 5.92 Å². The molecule has 1 atom stereocenters. The predicted octanol–water partition coefficient (Wildman–Crippen LogP) is 1.60. The van der Waals surface area contributed by atoms with Gasteiger partial charge in [0.15, 0.2) is 0 Å². The lowest BCUT2D eigenvalue weighted by molar-refractivity contribution is 0.0927. The molecule has 2 aliphatic rings. The summed E-state index contributed by atoms with van der Waals surface area (Å²) in [6.45, 7) is 2.05. The highest BCUT2D eigenvalue weighted by Gasteiger charge is 2.29. The quantitative estimate of drug-likeness (QED) is 0.813. The fraction of sp³-hybridized carbons (Fsp3) is 0.750. The summed E-state index contributed by atoms with van der Waals surface area (Å²) in [5, 5.41) is 9.79. The van der Waals surface area contributed by atoms with E-state index in [1.165, 1.54) is 12.8 Å². The molecule has 5 nitrogen and oxygen atoms in total. The maximum atomic E-state index is 11.9. The Labute approximate surface area is 100 Å². The molecule has 5 heteroatoms. The smallest absolute Gasteiger partial charge is 0.291 e. The molecular formula is C12H18N4O. The van der Waals surface area contributed by atoms with E-state index in [0.717, 1.165) is 31.0 Å². The third-order valence-electron chi connectivity index (χ3n) is 3.43. The van der Waals surface area contributed by atoms with Gasteiger partial charge in [0.1, 0.15) is 5.82 Å². The number of rotatable bonds is 5. The normalized spacial score (nSPS) is 21.2. The minimum Gasteiger partial charge on any atom is -0.347 e. The highest BCUT2D eigenvalue weighted by Crippen LogP contribution is 2.37. The lowest BCUT2D eigenvalue weighted by Gasteiger charge is -2.11. The first-order valence-corrected chi connectivity index (χ1v) is 6.45. The molecule has 2 fully saturated rings. The van der Waals surface area contributed by atoms with E-state index >= 15 is 0 Å². The molecule has 0 radical (unpaired) electrons. The lowest BCUT2D eigenvalue weighted by Crippen LogP contribution is -2.33. The zero-order valence-electron chi connectivity index (χ0n) is 10.1. The molecular weight excluding hydrogens is 216 g/mol. The van der Waals surface area contributed by atoms with Gasteiger partial charge in [0.25, 0.3) is 5.91 Å². The Kier molecular flexibility index (Phi) is 2.61. The summed E-state index contributed by atoms with van der Waals surface area (Å²) in [5.74, 6) is 2.33. The monoisotopic (exact) mass is 234 g/mol. The van der Waals surface area contributed by atoms with Gasteiger partial charge in [-0.05, 0) is 32.1 Å². The van der Waals surface area contributed by atoms with Gasteiger partial charge in [-0.1, -0.05) is 12.8 Å². The van der Waals surface area contributed by atoms with Crippen molar-refractivity contribution in [3.63, 3.8) is 0 Å². The molecule has 0 bridgehead atoms. The Bertz CT molecular complexity index is 420. The van der Waals surface area contributed by atoms with E-state index in [1.54, 1.807) is 0 Å². The second-order valence-electron chi connectivity index (χ2n) is 5.37. The zero-order chi connectivity index (χ0) is 11.8. The van der Waals surface area contributed by atoms with Gasteiger partial charge in [0.05, 0.1) is 0 Å². The van der Waals surface area contributed by atoms with Crippen molar-refractivity contribution in [2.45, 2.75) is 51.0 Å². The van der Waals surface area contributed by atoms with Gasteiger partial charge in [-0.25, -0.2) is 4.98 Å². The summed E-state index contributed by atoms with van der Waals surface area (Å²) in [4.78, 5) is 16.1. The molecule has 0 saturated heterocycles. The molecule has 0 aromatic carbocycles. The number of nitrogens with one attached hydrogen (secondary N) is 2. The number of nitrogens with zero attached hydrogens (tertiary/aromatic N) is 2. The molecule has 2 N–H and O–H groups in total. The van der Waals surface area contributed by atoms with Gasteiger partial charge in [0, 0.05) is 12.0 Å². The van der Waals surface area contributed by atoms with Crippen LogP contribution in [-0.4, -0.2) is 27.1 Å². The molecule has 1 aromatic heterocycles. The lowest BCUT2D eigenvalue weighted by atomic mass is 10.1. The SMILES string of the molecule is CC(CC1CC1)NC(=O)c1n[nH]c(C2CC2)n1. The third-order valence-corrected chi connectivity index (χ3v) is 3.43. The molecule has 1 heterocycles. The standard InChI is InChI=1S/C12H18N4O/c1-7(6-8-2-3-8)13-12(17)11-14-10(15-16-11)9-4-5-9/h7-9H,2-6H2,1H3,(H,13,17)(H,14,15,16). The van der Waals surface area contributed by atoms with Gasteiger partial charge < -0.3 is 5.32 Å². The van der Waals surface area contributed by atoms with E-state index in [4.69, 9.17) is 0 Å². The van der Waals surface area contributed by atoms with Crippen LogP contribution >= 0.6 is 0 Å². The van der Waals surface area contributed by atoms with E-state index in [9.17, 15) is 4.79 Å². The summed E-state index contributed by atoms with van der Waals surface area (Å²) in [6.07, 6.45) is 6.02. The van der Waals surface area contributed by atoms with Crippen molar-refractivity contribution in [1.29, 1.82) is 0 Å². The molecule has 17 heavy (non-hydrogen) atoms. The Balaban J connectivity index is 1.55. The van der Waals surface area contributed by atoms with Crippen LogP contribution in [0.4, 0.5) is 0 Å². The number of carbonyl (C=O) groups is 1. The number of hydrogen-bond donors (Lipinski definition) is 2. The molecule has 1 amide bonds. The highest BCUT2D eigenvalue weighted by atomic mass is 16.2. The first-order chi connectivity index (χ1) is 8.22. The zero-order valence-corrected chi connectivity index (χ0v) is 10.1. The Hall–Kier alpha value is -1.39. The van der Waals surface area contributed by atoms with Gasteiger partial charge in [-0.2, -0.15) is 0 Å². The Morgan fingerprint density at radius 3 is 2.88 bits per heavy atom. The second-order valence-corrected chi connectivity index (χ2v) is 5.37. The van der Waals surface area contributed by atoms with Crippen LogP contribution in [0, 0.1) is 5.92 Å². The van der Waals surface area contributed by atoms with Crippen LogP contribution in [0.3, 0.4) is 0 Å². The van der Waals surface area contributed by atoms with E-state index < -0.39 is 0 Å². The van der Waals surface area contributed by atoms with Crippen LogP contribution in [0.5, 0.6) is 0 Å². The number of aromatic amines is 1. The minimum absolute atomic E-state index is 0.152. The maximum absolute atomic E-state index is 11.9. The largest absolute Gasteiger partial charge is 0.347 e. The summed E-state index contributed by atoms with van der Waals surface area (Å²) in [6, 6.07) is 0.220. The number of hydrogen-bond acceptors (Lipinski definition) is 3. The summed E-state index contributed by atoms with van der Waals surface area (Å²) < 4.78 is 0. The van der Waals surface area contributed by atoms with Crippen molar-refractivity contribution in [2.75, 3.05) is 0 Å². The van der Waals surface area contributed by atoms with Crippen LogP contribution in [0.25, 0.3) is 0 Å². The van der Waals surface area contributed by atoms with Gasteiger partial charge >= 0.3 is 0 Å². The molecule has 0 spiro atoms. The topological polar surface area (TPSA) is 70.7 Å². The van der Waals surface area contributed by atoms with Gasteiger partial charge in [-0.15, -0.1) is 5.10 Å². The fourth-order valence-electron chi connectivity index (χ4n) is 2.12. The molecule has 2 saturated carbocycles. The van der Waals surface area contributed by atoms with E-state index in [2.05, 4.69) is 20.5 Å². The van der Waals surface area contributed by atoms with E-state index in [1.807, 2.05) is 6.92 Å². The minimum atomic E-state index is -0.152. The van der Waals surface area contributed by atoms with Crippen molar-refractivity contribution in [3.8, 4) is 0 Å². The molecule has 1 unspecified atom stereocenters. The average Bonchev–Trinajstić information content (AvgIpc) is 3.20. The molecule has 2 aliphatic carbocycles. The first kappa shape index (κ1) is 10.7. The highest BCUT2D eigenvalue weighted by molar-refractivity contribution is 5.90. The fourth-order valence-corrected chi connectivity index (χ4v) is 2.12. The van der Waals surface area contributed by atoms with Crippen LogP contribution in [0.2, 0.25) is 0 Å².